The van der Waals surface area contributed by atoms with Gasteiger partial charge in [0.15, 0.2) is 0 Å². The summed E-state index contributed by atoms with van der Waals surface area (Å²) >= 11 is 0. The second-order valence-corrected chi connectivity index (χ2v) is 6.42. The van der Waals surface area contributed by atoms with Crippen LogP contribution < -0.4 is 0 Å². The van der Waals surface area contributed by atoms with Crippen molar-refractivity contribution < 1.29 is 4.79 Å². The maximum absolute atomic E-state index is 12.1. The van der Waals surface area contributed by atoms with Crippen molar-refractivity contribution in [3.63, 3.8) is 0 Å². The molecule has 1 aliphatic rings. The third kappa shape index (κ3) is 2.88. The van der Waals surface area contributed by atoms with E-state index in [1.807, 2.05) is 24.9 Å². The topological polar surface area (TPSA) is 59.2 Å². The second-order valence-electron chi connectivity index (χ2n) is 6.42. The van der Waals surface area contributed by atoms with Crippen LogP contribution in [0.15, 0.2) is 12.3 Å². The number of carbonyl (C=O) groups is 1. The van der Waals surface area contributed by atoms with Crippen LogP contribution in [0.4, 0.5) is 0 Å². The van der Waals surface area contributed by atoms with E-state index in [1.54, 1.807) is 19.0 Å². The SMILES string of the molecule is Cc1cc(CN2CCn3cc(C(=O)N(C)C)nc3C2C)n(C)n1. The summed E-state index contributed by atoms with van der Waals surface area (Å²) < 4.78 is 4.04. The first-order valence-electron chi connectivity index (χ1n) is 7.89. The Kier molecular flexibility index (Phi) is 3.97. The van der Waals surface area contributed by atoms with E-state index >= 15 is 0 Å². The molecule has 3 heterocycles. The first-order valence-corrected chi connectivity index (χ1v) is 7.89. The summed E-state index contributed by atoms with van der Waals surface area (Å²) in [4.78, 5) is 20.6. The smallest absolute Gasteiger partial charge is 0.273 e. The molecule has 1 aliphatic heterocycles. The number of amides is 1. The van der Waals surface area contributed by atoms with Gasteiger partial charge < -0.3 is 9.47 Å². The molecule has 0 saturated heterocycles. The Morgan fingerprint density at radius 1 is 1.39 bits per heavy atom. The first-order chi connectivity index (χ1) is 10.9. The molecule has 0 spiro atoms. The number of aromatic nitrogens is 4. The number of nitrogens with zero attached hydrogens (tertiary/aromatic N) is 6. The second kappa shape index (κ2) is 5.81. The molecule has 0 aliphatic carbocycles. The van der Waals surface area contributed by atoms with Crippen molar-refractivity contribution in [1.29, 1.82) is 0 Å². The zero-order chi connectivity index (χ0) is 16.7. The lowest BCUT2D eigenvalue weighted by molar-refractivity contribution is 0.0822. The molecule has 7 nitrogen and oxygen atoms in total. The largest absolute Gasteiger partial charge is 0.343 e. The Morgan fingerprint density at radius 3 is 2.74 bits per heavy atom. The summed E-state index contributed by atoms with van der Waals surface area (Å²) in [7, 11) is 5.48. The van der Waals surface area contributed by atoms with Crippen LogP contribution in [0.25, 0.3) is 0 Å². The van der Waals surface area contributed by atoms with Crippen molar-refractivity contribution >= 4 is 5.91 Å². The molecular formula is C16H24N6O. The third-order valence-electron chi connectivity index (χ3n) is 4.45. The predicted molar refractivity (Wildman–Crippen MR) is 87.0 cm³/mol. The van der Waals surface area contributed by atoms with Crippen LogP contribution in [0.5, 0.6) is 0 Å². The molecule has 0 fully saturated rings. The molecule has 0 aromatic carbocycles. The fourth-order valence-electron chi connectivity index (χ4n) is 3.10. The van der Waals surface area contributed by atoms with Crippen molar-refractivity contribution in [1.82, 2.24) is 29.1 Å². The molecule has 23 heavy (non-hydrogen) atoms. The normalized spacial score (nSPS) is 18.0. The lowest BCUT2D eigenvalue weighted by Gasteiger charge is -2.33. The molecule has 0 bridgehead atoms. The lowest BCUT2D eigenvalue weighted by Crippen LogP contribution is -2.36. The number of carbonyl (C=O) groups excluding carboxylic acids is 1. The van der Waals surface area contributed by atoms with Crippen LogP contribution in [-0.4, -0.2) is 55.7 Å². The van der Waals surface area contributed by atoms with E-state index in [2.05, 4.69) is 32.5 Å². The van der Waals surface area contributed by atoms with Crippen LogP contribution >= 0.6 is 0 Å². The summed E-state index contributed by atoms with van der Waals surface area (Å²) in [5.41, 5.74) is 2.75. The van der Waals surface area contributed by atoms with Crippen molar-refractivity contribution in [2.45, 2.75) is 33.0 Å². The molecule has 0 radical (unpaired) electrons. The van der Waals surface area contributed by atoms with Crippen LogP contribution in [0.1, 0.15) is 40.7 Å². The van der Waals surface area contributed by atoms with Gasteiger partial charge >= 0.3 is 0 Å². The minimum Gasteiger partial charge on any atom is -0.343 e. The molecule has 3 rings (SSSR count). The van der Waals surface area contributed by atoms with Gasteiger partial charge in [0.1, 0.15) is 11.5 Å². The van der Waals surface area contributed by atoms with Gasteiger partial charge in [-0.25, -0.2) is 4.98 Å². The Bertz CT molecular complexity index is 729. The summed E-state index contributed by atoms with van der Waals surface area (Å²) in [5, 5.41) is 4.41. The predicted octanol–water partition coefficient (Wildman–Crippen LogP) is 1.20. The fourth-order valence-corrected chi connectivity index (χ4v) is 3.10. The zero-order valence-corrected chi connectivity index (χ0v) is 14.4. The number of rotatable bonds is 3. The van der Waals surface area contributed by atoms with Crippen LogP contribution in [0.2, 0.25) is 0 Å². The summed E-state index contributed by atoms with van der Waals surface area (Å²) in [5.74, 6) is 0.910. The van der Waals surface area contributed by atoms with E-state index in [1.165, 1.54) is 5.69 Å². The standard InChI is InChI=1S/C16H24N6O/c1-11-8-13(20(5)18-11)9-21-6-7-22-10-14(16(23)19(3)4)17-15(22)12(21)2/h8,10,12H,6-7,9H2,1-5H3. The summed E-state index contributed by atoms with van der Waals surface area (Å²) in [6.07, 6.45) is 1.87. The Labute approximate surface area is 136 Å². The maximum Gasteiger partial charge on any atom is 0.273 e. The molecule has 124 valence electrons. The van der Waals surface area contributed by atoms with E-state index in [-0.39, 0.29) is 11.9 Å². The van der Waals surface area contributed by atoms with Crippen LogP contribution in [0.3, 0.4) is 0 Å². The molecule has 7 heteroatoms. The molecule has 2 aromatic heterocycles. The Hall–Kier alpha value is -2.15. The van der Waals surface area contributed by atoms with E-state index in [0.717, 1.165) is 31.2 Å². The van der Waals surface area contributed by atoms with Gasteiger partial charge in [-0.05, 0) is 19.9 Å². The fraction of sp³-hybridized carbons (Fsp3) is 0.562. The molecular weight excluding hydrogens is 292 g/mol. The van der Waals surface area contributed by atoms with E-state index in [0.29, 0.717) is 5.69 Å². The van der Waals surface area contributed by atoms with Crippen molar-refractivity contribution in [3.05, 3.63) is 35.2 Å². The van der Waals surface area contributed by atoms with Crippen molar-refractivity contribution in [2.75, 3.05) is 20.6 Å². The highest BCUT2D eigenvalue weighted by Crippen LogP contribution is 2.26. The molecule has 0 saturated carbocycles. The maximum atomic E-state index is 12.1. The molecule has 1 atom stereocenters. The minimum absolute atomic E-state index is 0.0482. The average Bonchev–Trinajstić information content (AvgIpc) is 3.05. The van der Waals surface area contributed by atoms with Gasteiger partial charge in [-0.1, -0.05) is 0 Å². The number of hydrogen-bond donors (Lipinski definition) is 0. The highest BCUT2D eigenvalue weighted by Gasteiger charge is 2.28. The number of fused-ring (bicyclic) bond motifs is 1. The zero-order valence-electron chi connectivity index (χ0n) is 14.4. The van der Waals surface area contributed by atoms with Gasteiger partial charge in [-0.3, -0.25) is 14.4 Å². The van der Waals surface area contributed by atoms with Gasteiger partial charge in [0.2, 0.25) is 0 Å². The van der Waals surface area contributed by atoms with E-state index < -0.39 is 0 Å². The monoisotopic (exact) mass is 316 g/mol. The minimum atomic E-state index is -0.0482. The van der Waals surface area contributed by atoms with Gasteiger partial charge in [0, 0.05) is 47.0 Å². The molecule has 2 aromatic rings. The quantitative estimate of drug-likeness (QED) is 0.854. The Morgan fingerprint density at radius 2 is 2.13 bits per heavy atom. The van der Waals surface area contributed by atoms with Crippen molar-refractivity contribution in [2.24, 2.45) is 7.05 Å². The lowest BCUT2D eigenvalue weighted by atomic mass is 10.2. The van der Waals surface area contributed by atoms with Gasteiger partial charge in [-0.2, -0.15) is 5.10 Å². The van der Waals surface area contributed by atoms with Gasteiger partial charge in [-0.15, -0.1) is 0 Å². The molecule has 1 unspecified atom stereocenters. The third-order valence-corrected chi connectivity index (χ3v) is 4.45. The highest BCUT2D eigenvalue weighted by molar-refractivity contribution is 5.91. The highest BCUT2D eigenvalue weighted by atomic mass is 16.2. The van der Waals surface area contributed by atoms with Crippen LogP contribution in [-0.2, 0) is 20.1 Å². The number of imidazole rings is 1. The number of aryl methyl sites for hydroxylation is 2. The van der Waals surface area contributed by atoms with Crippen molar-refractivity contribution in [3.8, 4) is 0 Å². The summed E-state index contributed by atoms with van der Waals surface area (Å²) in [6, 6.07) is 2.29. The molecule has 0 N–H and O–H groups in total. The first kappa shape index (κ1) is 15.7. The number of hydrogen-bond acceptors (Lipinski definition) is 4. The van der Waals surface area contributed by atoms with Gasteiger partial charge in [0.05, 0.1) is 17.4 Å². The molecule has 1 amide bonds. The van der Waals surface area contributed by atoms with E-state index in [4.69, 9.17) is 0 Å². The van der Waals surface area contributed by atoms with Gasteiger partial charge in [0.25, 0.3) is 5.91 Å². The summed E-state index contributed by atoms with van der Waals surface area (Å²) in [6.45, 7) is 6.77. The van der Waals surface area contributed by atoms with Crippen LogP contribution in [0, 0.1) is 6.92 Å². The average molecular weight is 316 g/mol. The van der Waals surface area contributed by atoms with E-state index in [9.17, 15) is 4.79 Å². The Balaban J connectivity index is 1.81.